The van der Waals surface area contributed by atoms with Gasteiger partial charge < -0.3 is 10.0 Å². The molecule has 1 rings (SSSR count). The maximum atomic E-state index is 10.9. The van der Waals surface area contributed by atoms with Gasteiger partial charge in [-0.3, -0.25) is 4.79 Å². The number of unbranched alkanes of at least 4 members (excludes halogenated alkanes) is 4. The summed E-state index contributed by atoms with van der Waals surface area (Å²) in [4.78, 5) is 13.1. The second-order valence-corrected chi connectivity index (χ2v) is 5.83. The van der Waals surface area contributed by atoms with Crippen molar-refractivity contribution in [2.24, 2.45) is 0 Å². The Labute approximate surface area is 129 Å². The van der Waals surface area contributed by atoms with Crippen molar-refractivity contribution in [3.8, 4) is 0 Å². The van der Waals surface area contributed by atoms with Gasteiger partial charge in [0.25, 0.3) is 0 Å². The Morgan fingerprint density at radius 3 is 2.48 bits per heavy atom. The standard InChI is InChI=1S/C18H29NO2/c1-4-5-6-7-8-12-19(13-11-18(20)21)17-14-15(2)9-10-16(17)3/h9-10,14H,4-8,11-13H2,1-3H3,(H,20,21). The van der Waals surface area contributed by atoms with Gasteiger partial charge in [0.2, 0.25) is 0 Å². The predicted molar refractivity (Wildman–Crippen MR) is 89.1 cm³/mol. The summed E-state index contributed by atoms with van der Waals surface area (Å²) in [5.74, 6) is -0.726. The molecule has 1 aromatic rings. The molecule has 0 saturated carbocycles. The maximum Gasteiger partial charge on any atom is 0.305 e. The number of anilines is 1. The molecule has 0 aliphatic carbocycles. The Morgan fingerprint density at radius 2 is 1.81 bits per heavy atom. The van der Waals surface area contributed by atoms with Gasteiger partial charge in [0.05, 0.1) is 6.42 Å². The minimum atomic E-state index is -0.726. The van der Waals surface area contributed by atoms with Crippen molar-refractivity contribution in [1.82, 2.24) is 0 Å². The van der Waals surface area contributed by atoms with Crippen LogP contribution in [0.1, 0.15) is 56.6 Å². The van der Waals surface area contributed by atoms with E-state index in [0.717, 1.165) is 13.0 Å². The molecule has 3 heteroatoms. The van der Waals surface area contributed by atoms with Crippen LogP contribution >= 0.6 is 0 Å². The number of benzene rings is 1. The number of rotatable bonds is 10. The number of hydrogen-bond donors (Lipinski definition) is 1. The molecule has 0 radical (unpaired) electrons. The van der Waals surface area contributed by atoms with Gasteiger partial charge in [0.1, 0.15) is 0 Å². The molecule has 1 N–H and O–H groups in total. The van der Waals surface area contributed by atoms with E-state index in [0.29, 0.717) is 6.54 Å². The molecule has 0 amide bonds. The second kappa shape index (κ2) is 9.43. The van der Waals surface area contributed by atoms with E-state index in [1.165, 1.54) is 42.5 Å². The Hall–Kier alpha value is -1.51. The highest BCUT2D eigenvalue weighted by molar-refractivity contribution is 5.68. The Morgan fingerprint density at radius 1 is 1.10 bits per heavy atom. The monoisotopic (exact) mass is 291 g/mol. The number of carbonyl (C=O) groups is 1. The lowest BCUT2D eigenvalue weighted by Crippen LogP contribution is -2.28. The first-order valence-electron chi connectivity index (χ1n) is 8.08. The molecule has 0 atom stereocenters. The minimum Gasteiger partial charge on any atom is -0.481 e. The van der Waals surface area contributed by atoms with Crippen molar-refractivity contribution in [1.29, 1.82) is 0 Å². The largest absolute Gasteiger partial charge is 0.481 e. The highest BCUT2D eigenvalue weighted by Gasteiger charge is 2.11. The SMILES string of the molecule is CCCCCCCN(CCC(=O)O)c1cc(C)ccc1C. The van der Waals surface area contributed by atoms with Crippen LogP contribution in [0.3, 0.4) is 0 Å². The summed E-state index contributed by atoms with van der Waals surface area (Å²) in [6, 6.07) is 6.40. The molecule has 0 aliphatic heterocycles. The molecule has 0 heterocycles. The summed E-state index contributed by atoms with van der Waals surface area (Å²) in [6.45, 7) is 7.93. The first-order valence-corrected chi connectivity index (χ1v) is 8.08. The molecule has 0 bridgehead atoms. The quantitative estimate of drug-likeness (QED) is 0.643. The fourth-order valence-electron chi connectivity index (χ4n) is 2.55. The van der Waals surface area contributed by atoms with E-state index in [9.17, 15) is 4.79 Å². The third-order valence-electron chi connectivity index (χ3n) is 3.83. The summed E-state index contributed by atoms with van der Waals surface area (Å²) >= 11 is 0. The average Bonchev–Trinajstić information content (AvgIpc) is 2.44. The van der Waals surface area contributed by atoms with Crippen LogP contribution in [0.5, 0.6) is 0 Å². The Kier molecular flexibility index (Phi) is 7.88. The van der Waals surface area contributed by atoms with E-state index in [1.54, 1.807) is 0 Å². The van der Waals surface area contributed by atoms with E-state index < -0.39 is 5.97 Å². The van der Waals surface area contributed by atoms with Crippen LogP contribution in [0.25, 0.3) is 0 Å². The van der Waals surface area contributed by atoms with Crippen LogP contribution in [0.4, 0.5) is 5.69 Å². The molecule has 0 fully saturated rings. The lowest BCUT2D eigenvalue weighted by molar-refractivity contribution is -0.136. The molecular formula is C18H29NO2. The molecule has 0 saturated heterocycles. The van der Waals surface area contributed by atoms with Gasteiger partial charge in [-0.05, 0) is 37.5 Å². The van der Waals surface area contributed by atoms with Gasteiger partial charge in [-0.15, -0.1) is 0 Å². The molecule has 21 heavy (non-hydrogen) atoms. The molecule has 3 nitrogen and oxygen atoms in total. The first kappa shape index (κ1) is 17.5. The van der Waals surface area contributed by atoms with Crippen LogP contribution in [-0.4, -0.2) is 24.2 Å². The number of carboxylic acid groups (broad SMARTS) is 1. The summed E-state index contributed by atoms with van der Waals surface area (Å²) in [7, 11) is 0. The van der Waals surface area contributed by atoms with Crippen molar-refractivity contribution < 1.29 is 9.90 Å². The van der Waals surface area contributed by atoms with Gasteiger partial charge in [-0.2, -0.15) is 0 Å². The van der Waals surface area contributed by atoms with Gasteiger partial charge in [0, 0.05) is 18.8 Å². The smallest absolute Gasteiger partial charge is 0.305 e. The Bertz CT molecular complexity index is 443. The van der Waals surface area contributed by atoms with Crippen molar-refractivity contribution in [3.63, 3.8) is 0 Å². The van der Waals surface area contributed by atoms with E-state index in [1.807, 2.05) is 0 Å². The topological polar surface area (TPSA) is 40.5 Å². The van der Waals surface area contributed by atoms with E-state index in [-0.39, 0.29) is 6.42 Å². The number of aliphatic carboxylic acids is 1. The summed E-state index contributed by atoms with van der Waals surface area (Å²) < 4.78 is 0. The second-order valence-electron chi connectivity index (χ2n) is 5.83. The summed E-state index contributed by atoms with van der Waals surface area (Å²) in [5.41, 5.74) is 3.63. The fourth-order valence-corrected chi connectivity index (χ4v) is 2.55. The van der Waals surface area contributed by atoms with E-state index in [2.05, 4.69) is 43.9 Å². The maximum absolute atomic E-state index is 10.9. The van der Waals surface area contributed by atoms with Crippen LogP contribution in [0.2, 0.25) is 0 Å². The number of aryl methyl sites for hydroxylation is 2. The number of carboxylic acids is 1. The van der Waals surface area contributed by atoms with E-state index in [4.69, 9.17) is 5.11 Å². The number of hydrogen-bond acceptors (Lipinski definition) is 2. The Balaban J connectivity index is 2.67. The molecule has 0 spiro atoms. The third kappa shape index (κ3) is 6.65. The van der Waals surface area contributed by atoms with Gasteiger partial charge in [0.15, 0.2) is 0 Å². The highest BCUT2D eigenvalue weighted by atomic mass is 16.4. The lowest BCUT2D eigenvalue weighted by atomic mass is 10.1. The molecule has 0 aromatic heterocycles. The van der Waals surface area contributed by atoms with Crippen LogP contribution in [-0.2, 0) is 4.79 Å². The highest BCUT2D eigenvalue weighted by Crippen LogP contribution is 2.22. The zero-order valence-corrected chi connectivity index (χ0v) is 13.7. The zero-order chi connectivity index (χ0) is 15.7. The van der Waals surface area contributed by atoms with Gasteiger partial charge in [-0.25, -0.2) is 0 Å². The van der Waals surface area contributed by atoms with Crippen LogP contribution in [0.15, 0.2) is 18.2 Å². The van der Waals surface area contributed by atoms with Gasteiger partial charge in [-0.1, -0.05) is 44.7 Å². The van der Waals surface area contributed by atoms with Gasteiger partial charge >= 0.3 is 5.97 Å². The van der Waals surface area contributed by atoms with Crippen molar-refractivity contribution in [3.05, 3.63) is 29.3 Å². The summed E-state index contributed by atoms with van der Waals surface area (Å²) in [6.07, 6.45) is 6.37. The zero-order valence-electron chi connectivity index (χ0n) is 13.7. The predicted octanol–water partition coefficient (Wildman–Crippen LogP) is 4.55. The fraction of sp³-hybridized carbons (Fsp3) is 0.611. The van der Waals surface area contributed by atoms with Crippen molar-refractivity contribution in [2.45, 2.75) is 59.3 Å². The third-order valence-corrected chi connectivity index (χ3v) is 3.83. The normalized spacial score (nSPS) is 10.6. The van der Waals surface area contributed by atoms with Crippen molar-refractivity contribution >= 4 is 11.7 Å². The molecular weight excluding hydrogens is 262 g/mol. The molecule has 1 aromatic carbocycles. The molecule has 0 unspecified atom stereocenters. The number of nitrogens with zero attached hydrogens (tertiary/aromatic N) is 1. The average molecular weight is 291 g/mol. The van der Waals surface area contributed by atoms with Crippen LogP contribution < -0.4 is 4.90 Å². The van der Waals surface area contributed by atoms with Crippen LogP contribution in [0, 0.1) is 13.8 Å². The molecule has 118 valence electrons. The lowest BCUT2D eigenvalue weighted by Gasteiger charge is -2.26. The summed E-state index contributed by atoms with van der Waals surface area (Å²) in [5, 5.41) is 8.95. The van der Waals surface area contributed by atoms with Crippen molar-refractivity contribution in [2.75, 3.05) is 18.0 Å². The minimum absolute atomic E-state index is 0.197. The van der Waals surface area contributed by atoms with E-state index >= 15 is 0 Å². The first-order chi connectivity index (χ1) is 10.0. The molecule has 0 aliphatic rings.